The lowest BCUT2D eigenvalue weighted by molar-refractivity contribution is -0.132. The van der Waals surface area contributed by atoms with Gasteiger partial charge in [-0.2, -0.15) is 0 Å². The Morgan fingerprint density at radius 1 is 1.38 bits per heavy atom. The molecule has 0 unspecified atom stereocenters. The van der Waals surface area contributed by atoms with Crippen molar-refractivity contribution in [1.29, 1.82) is 0 Å². The van der Waals surface area contributed by atoms with Crippen LogP contribution in [0.5, 0.6) is 0 Å². The smallest absolute Gasteiger partial charge is 0.226 e. The molecule has 0 aliphatic carbocycles. The summed E-state index contributed by atoms with van der Waals surface area (Å²) in [4.78, 5) is 11.8. The van der Waals surface area contributed by atoms with Crippen molar-refractivity contribution in [3.63, 3.8) is 0 Å². The van der Waals surface area contributed by atoms with Crippen LogP contribution >= 0.6 is 0 Å². The molecule has 0 radical (unpaired) electrons. The highest BCUT2D eigenvalue weighted by Gasteiger charge is 2.34. The van der Waals surface area contributed by atoms with Crippen molar-refractivity contribution in [2.45, 2.75) is 39.7 Å². The quantitative estimate of drug-likeness (QED) is 0.669. The number of carbonyl (C=O) groups is 1. The van der Waals surface area contributed by atoms with E-state index in [1.807, 2.05) is 13.8 Å². The Labute approximate surface area is 80.3 Å². The molecule has 0 saturated carbocycles. The van der Waals surface area contributed by atoms with Crippen molar-refractivity contribution in [3.8, 4) is 0 Å². The van der Waals surface area contributed by atoms with Gasteiger partial charge in [0.25, 0.3) is 0 Å². The Hall–Kier alpha value is -0.570. The van der Waals surface area contributed by atoms with Crippen LogP contribution in [0.25, 0.3) is 0 Å². The number of hydrogen-bond acceptors (Lipinski definition) is 2. The van der Waals surface area contributed by atoms with Crippen LogP contribution in [0, 0.1) is 5.41 Å². The van der Waals surface area contributed by atoms with E-state index in [0.717, 1.165) is 25.9 Å². The highest BCUT2D eigenvalue weighted by atomic mass is 16.2. The Bertz CT molecular complexity index is 183. The fourth-order valence-electron chi connectivity index (χ4n) is 1.64. The first-order chi connectivity index (χ1) is 6.04. The van der Waals surface area contributed by atoms with E-state index in [9.17, 15) is 4.79 Å². The normalized spacial score (nSPS) is 21.5. The number of nitrogens with one attached hydrogen (secondary N) is 2. The maximum Gasteiger partial charge on any atom is 0.226 e. The summed E-state index contributed by atoms with van der Waals surface area (Å²) in [5.41, 5.74) is -0.143. The number of amides is 1. The molecule has 1 aliphatic rings. The van der Waals surface area contributed by atoms with Crippen LogP contribution in [-0.2, 0) is 4.79 Å². The van der Waals surface area contributed by atoms with Crippen LogP contribution in [0.4, 0.5) is 0 Å². The monoisotopic (exact) mass is 184 g/mol. The average Bonchev–Trinajstić information content (AvgIpc) is 2.04. The summed E-state index contributed by atoms with van der Waals surface area (Å²) in [6.45, 7) is 7.99. The number of rotatable bonds is 2. The minimum absolute atomic E-state index is 0.143. The highest BCUT2D eigenvalue weighted by molar-refractivity contribution is 5.82. The van der Waals surface area contributed by atoms with Gasteiger partial charge in [0.2, 0.25) is 5.91 Å². The molecule has 0 aromatic rings. The molecule has 0 atom stereocenters. The molecule has 76 valence electrons. The van der Waals surface area contributed by atoms with Gasteiger partial charge in [0.15, 0.2) is 0 Å². The maximum atomic E-state index is 11.8. The van der Waals surface area contributed by atoms with Gasteiger partial charge in [0.1, 0.15) is 0 Å². The molecule has 0 bridgehead atoms. The van der Waals surface area contributed by atoms with Gasteiger partial charge in [-0.25, -0.2) is 0 Å². The molecule has 1 saturated heterocycles. The zero-order valence-corrected chi connectivity index (χ0v) is 8.81. The van der Waals surface area contributed by atoms with E-state index in [2.05, 4.69) is 17.6 Å². The van der Waals surface area contributed by atoms with Crippen LogP contribution in [0.1, 0.15) is 33.6 Å². The van der Waals surface area contributed by atoms with Crippen LogP contribution in [0.2, 0.25) is 0 Å². The lowest BCUT2D eigenvalue weighted by Gasteiger charge is -2.33. The first kappa shape index (κ1) is 10.5. The summed E-state index contributed by atoms with van der Waals surface area (Å²) in [5.74, 6) is 0.212. The second kappa shape index (κ2) is 4.09. The topological polar surface area (TPSA) is 41.1 Å². The van der Waals surface area contributed by atoms with Gasteiger partial charge in [0, 0.05) is 11.5 Å². The first-order valence-corrected chi connectivity index (χ1v) is 5.06. The summed E-state index contributed by atoms with van der Waals surface area (Å²) >= 11 is 0. The van der Waals surface area contributed by atoms with Crippen molar-refractivity contribution in [3.05, 3.63) is 0 Å². The molecule has 1 rings (SSSR count). The second-order valence-electron chi connectivity index (χ2n) is 4.44. The van der Waals surface area contributed by atoms with E-state index in [-0.39, 0.29) is 17.4 Å². The molecule has 2 N–H and O–H groups in total. The fourth-order valence-corrected chi connectivity index (χ4v) is 1.64. The SMILES string of the molecule is CC(C)NC(=O)C1(C)CCNCC1. The fraction of sp³-hybridized carbons (Fsp3) is 0.900. The zero-order valence-electron chi connectivity index (χ0n) is 8.81. The Kier molecular flexibility index (Phi) is 3.31. The third-order valence-electron chi connectivity index (χ3n) is 2.68. The largest absolute Gasteiger partial charge is 0.353 e. The average molecular weight is 184 g/mol. The zero-order chi connectivity index (χ0) is 9.90. The summed E-state index contributed by atoms with van der Waals surface area (Å²) in [6, 6.07) is 0.249. The standard InChI is InChI=1S/C10H20N2O/c1-8(2)12-9(13)10(3)4-6-11-7-5-10/h8,11H,4-7H2,1-3H3,(H,12,13). The molecule has 1 amide bonds. The van der Waals surface area contributed by atoms with Gasteiger partial charge in [-0.15, -0.1) is 0 Å². The minimum Gasteiger partial charge on any atom is -0.353 e. The molecule has 3 heteroatoms. The Morgan fingerprint density at radius 3 is 2.38 bits per heavy atom. The predicted octanol–water partition coefficient (Wildman–Crippen LogP) is 0.901. The number of carbonyl (C=O) groups excluding carboxylic acids is 1. The van der Waals surface area contributed by atoms with Crippen molar-refractivity contribution in [2.24, 2.45) is 5.41 Å². The third kappa shape index (κ3) is 2.69. The van der Waals surface area contributed by atoms with Gasteiger partial charge in [-0.05, 0) is 39.8 Å². The molecule has 1 fully saturated rings. The second-order valence-corrected chi connectivity index (χ2v) is 4.44. The van der Waals surface area contributed by atoms with Crippen molar-refractivity contribution < 1.29 is 4.79 Å². The highest BCUT2D eigenvalue weighted by Crippen LogP contribution is 2.27. The molecule has 3 nitrogen and oxygen atoms in total. The van der Waals surface area contributed by atoms with Crippen molar-refractivity contribution in [1.82, 2.24) is 10.6 Å². The molecular formula is C10H20N2O. The Balaban J connectivity index is 2.51. The summed E-state index contributed by atoms with van der Waals surface area (Å²) in [5, 5.41) is 6.25. The van der Waals surface area contributed by atoms with Gasteiger partial charge in [-0.1, -0.05) is 6.92 Å². The van der Waals surface area contributed by atoms with Gasteiger partial charge in [-0.3, -0.25) is 4.79 Å². The maximum absolute atomic E-state index is 11.8. The number of piperidine rings is 1. The molecule has 0 spiro atoms. The van der Waals surface area contributed by atoms with E-state index in [1.165, 1.54) is 0 Å². The molecule has 0 aromatic heterocycles. The van der Waals surface area contributed by atoms with Crippen molar-refractivity contribution in [2.75, 3.05) is 13.1 Å². The molecular weight excluding hydrogens is 164 g/mol. The lowest BCUT2D eigenvalue weighted by atomic mass is 9.80. The predicted molar refractivity (Wildman–Crippen MR) is 53.5 cm³/mol. The van der Waals surface area contributed by atoms with Gasteiger partial charge < -0.3 is 10.6 Å². The minimum atomic E-state index is -0.143. The van der Waals surface area contributed by atoms with Crippen LogP contribution in [0.15, 0.2) is 0 Å². The first-order valence-electron chi connectivity index (χ1n) is 5.06. The molecule has 1 heterocycles. The lowest BCUT2D eigenvalue weighted by Crippen LogP contribution is -2.47. The van der Waals surface area contributed by atoms with E-state index in [0.29, 0.717) is 0 Å². The van der Waals surface area contributed by atoms with Gasteiger partial charge in [0.05, 0.1) is 0 Å². The van der Waals surface area contributed by atoms with Crippen LogP contribution in [0.3, 0.4) is 0 Å². The van der Waals surface area contributed by atoms with E-state index in [4.69, 9.17) is 0 Å². The molecule has 1 aliphatic heterocycles. The van der Waals surface area contributed by atoms with E-state index < -0.39 is 0 Å². The van der Waals surface area contributed by atoms with Crippen molar-refractivity contribution >= 4 is 5.91 Å². The molecule has 0 aromatic carbocycles. The summed E-state index contributed by atoms with van der Waals surface area (Å²) in [6.07, 6.45) is 1.90. The van der Waals surface area contributed by atoms with Crippen LogP contribution < -0.4 is 10.6 Å². The van der Waals surface area contributed by atoms with Crippen LogP contribution in [-0.4, -0.2) is 25.0 Å². The van der Waals surface area contributed by atoms with E-state index in [1.54, 1.807) is 0 Å². The number of hydrogen-bond donors (Lipinski definition) is 2. The summed E-state index contributed by atoms with van der Waals surface area (Å²) < 4.78 is 0. The van der Waals surface area contributed by atoms with Gasteiger partial charge >= 0.3 is 0 Å². The van der Waals surface area contributed by atoms with E-state index >= 15 is 0 Å². The Morgan fingerprint density at radius 2 is 1.92 bits per heavy atom. The summed E-state index contributed by atoms with van der Waals surface area (Å²) in [7, 11) is 0. The molecule has 13 heavy (non-hydrogen) atoms. The third-order valence-corrected chi connectivity index (χ3v) is 2.68.